The van der Waals surface area contributed by atoms with Gasteiger partial charge in [0.25, 0.3) is 0 Å². The first-order valence-electron chi connectivity index (χ1n) is 12.5. The molecular formula is C29H26ClN5O5. The molecule has 1 aliphatic heterocycles. The summed E-state index contributed by atoms with van der Waals surface area (Å²) in [6.07, 6.45) is 2.49. The average Bonchev–Trinajstić information content (AvgIpc) is 3.40. The summed E-state index contributed by atoms with van der Waals surface area (Å²) in [5.41, 5.74) is 3.63. The van der Waals surface area contributed by atoms with Crippen LogP contribution in [0.25, 0.3) is 10.9 Å². The Bertz CT molecular complexity index is 1620. The number of carbonyl (C=O) groups excluding carboxylic acids is 1. The summed E-state index contributed by atoms with van der Waals surface area (Å²) < 4.78 is 16.9. The molecule has 2 aromatic heterocycles. The number of aryl methyl sites for hydroxylation is 1. The monoisotopic (exact) mass is 559 g/mol. The third kappa shape index (κ3) is 5.71. The summed E-state index contributed by atoms with van der Waals surface area (Å²) in [6, 6.07) is 14.4. The first-order valence-corrected chi connectivity index (χ1v) is 12.9. The molecule has 40 heavy (non-hydrogen) atoms. The summed E-state index contributed by atoms with van der Waals surface area (Å²) in [5.74, 6) is 1.02. The van der Waals surface area contributed by atoms with Crippen molar-refractivity contribution in [2.24, 2.45) is 0 Å². The van der Waals surface area contributed by atoms with Gasteiger partial charge in [0.05, 0.1) is 46.4 Å². The molecule has 0 radical (unpaired) electrons. The predicted molar refractivity (Wildman–Crippen MR) is 149 cm³/mol. The van der Waals surface area contributed by atoms with Crippen LogP contribution in [-0.2, 0) is 6.61 Å². The molecule has 2 aromatic carbocycles. The zero-order valence-electron chi connectivity index (χ0n) is 21.8. The Morgan fingerprint density at radius 3 is 2.80 bits per heavy atom. The topological polar surface area (TPSA) is 130 Å². The SMILES string of the molecule is COc1cc2c(Nc3ccc(OCc4ncccc4C)cc3Cl)c(C#N)cnc2cc1OC(=O)N1CCC(O)C1. The van der Waals surface area contributed by atoms with E-state index in [2.05, 4.69) is 21.4 Å². The minimum atomic E-state index is -0.589. The van der Waals surface area contributed by atoms with Crippen molar-refractivity contribution in [1.29, 1.82) is 5.26 Å². The fourth-order valence-electron chi connectivity index (χ4n) is 4.37. The second-order valence-electron chi connectivity index (χ2n) is 9.26. The lowest BCUT2D eigenvalue weighted by Gasteiger charge is -2.18. The summed E-state index contributed by atoms with van der Waals surface area (Å²) in [6.45, 7) is 2.88. The van der Waals surface area contributed by atoms with E-state index in [-0.39, 0.29) is 23.6 Å². The van der Waals surface area contributed by atoms with E-state index in [0.29, 0.717) is 52.6 Å². The van der Waals surface area contributed by atoms with Crippen LogP contribution in [0, 0.1) is 18.3 Å². The van der Waals surface area contributed by atoms with Crippen LogP contribution in [0.1, 0.15) is 23.2 Å². The number of rotatable bonds is 7. The molecular weight excluding hydrogens is 534 g/mol. The quantitative estimate of drug-likeness (QED) is 0.307. The van der Waals surface area contributed by atoms with Crippen LogP contribution in [-0.4, -0.2) is 52.4 Å². The minimum Gasteiger partial charge on any atom is -0.493 e. The Morgan fingerprint density at radius 2 is 2.10 bits per heavy atom. The molecule has 204 valence electrons. The molecule has 4 aromatic rings. The van der Waals surface area contributed by atoms with Gasteiger partial charge in [-0.1, -0.05) is 17.7 Å². The number of hydrogen-bond acceptors (Lipinski definition) is 9. The van der Waals surface area contributed by atoms with E-state index in [9.17, 15) is 15.2 Å². The number of halogens is 1. The van der Waals surface area contributed by atoms with Crippen molar-refractivity contribution in [3.8, 4) is 23.3 Å². The Balaban J connectivity index is 1.41. The minimum absolute atomic E-state index is 0.173. The Labute approximate surface area is 235 Å². The van der Waals surface area contributed by atoms with E-state index in [4.69, 9.17) is 25.8 Å². The molecule has 2 N–H and O–H groups in total. The maximum Gasteiger partial charge on any atom is 0.415 e. The second kappa shape index (κ2) is 11.7. The van der Waals surface area contributed by atoms with E-state index < -0.39 is 12.2 Å². The maximum atomic E-state index is 12.6. The smallest absolute Gasteiger partial charge is 0.415 e. The van der Waals surface area contributed by atoms with Crippen LogP contribution in [0.3, 0.4) is 0 Å². The number of nitrogens with one attached hydrogen (secondary N) is 1. The van der Waals surface area contributed by atoms with Gasteiger partial charge in [-0.25, -0.2) is 4.79 Å². The Hall–Kier alpha value is -4.59. The summed E-state index contributed by atoms with van der Waals surface area (Å²) in [5, 5.41) is 23.7. The van der Waals surface area contributed by atoms with Crippen LogP contribution >= 0.6 is 11.6 Å². The number of carbonyl (C=O) groups is 1. The summed E-state index contributed by atoms with van der Waals surface area (Å²) in [7, 11) is 1.45. The van der Waals surface area contributed by atoms with Crippen molar-refractivity contribution in [3.63, 3.8) is 0 Å². The fourth-order valence-corrected chi connectivity index (χ4v) is 4.59. The van der Waals surface area contributed by atoms with Crippen molar-refractivity contribution >= 4 is 40.0 Å². The normalized spacial score (nSPS) is 14.6. The van der Waals surface area contributed by atoms with E-state index >= 15 is 0 Å². The number of methoxy groups -OCH3 is 1. The molecule has 11 heteroatoms. The number of aliphatic hydroxyl groups is 1. The van der Waals surface area contributed by atoms with E-state index in [1.807, 2.05) is 19.1 Å². The van der Waals surface area contributed by atoms with Crippen molar-refractivity contribution < 1.29 is 24.1 Å². The number of hydrogen-bond donors (Lipinski definition) is 2. The van der Waals surface area contributed by atoms with Gasteiger partial charge in [0.1, 0.15) is 18.4 Å². The van der Waals surface area contributed by atoms with Gasteiger partial charge >= 0.3 is 6.09 Å². The first kappa shape index (κ1) is 27.0. The number of amides is 1. The lowest BCUT2D eigenvalue weighted by Crippen LogP contribution is -2.32. The van der Waals surface area contributed by atoms with E-state index in [0.717, 1.165) is 11.3 Å². The molecule has 1 saturated heterocycles. The molecule has 1 amide bonds. The number of anilines is 2. The number of ether oxygens (including phenoxy) is 3. The van der Waals surface area contributed by atoms with E-state index in [1.54, 1.807) is 36.5 Å². The number of pyridine rings is 2. The number of benzene rings is 2. The highest BCUT2D eigenvalue weighted by Gasteiger charge is 2.27. The van der Waals surface area contributed by atoms with Gasteiger partial charge < -0.3 is 29.5 Å². The van der Waals surface area contributed by atoms with Crippen LogP contribution in [0.4, 0.5) is 16.2 Å². The van der Waals surface area contributed by atoms with Crippen LogP contribution in [0.15, 0.2) is 54.9 Å². The summed E-state index contributed by atoms with van der Waals surface area (Å²) in [4.78, 5) is 22.8. The molecule has 10 nitrogen and oxygen atoms in total. The van der Waals surface area contributed by atoms with Crippen LogP contribution < -0.4 is 19.5 Å². The average molecular weight is 560 g/mol. The highest BCUT2D eigenvalue weighted by molar-refractivity contribution is 6.33. The molecule has 5 rings (SSSR count). The number of fused-ring (bicyclic) bond motifs is 1. The lowest BCUT2D eigenvalue weighted by molar-refractivity contribution is 0.144. The number of β-amino-alcohol motifs (C(OH)–C–C–N with tert-alkyl or cyclic N) is 1. The van der Waals surface area contributed by atoms with Crippen molar-refractivity contribution in [3.05, 3.63) is 76.7 Å². The molecule has 1 atom stereocenters. The number of aromatic nitrogens is 2. The standard InChI is InChI=1S/C29H26ClN5O5/c1-17-4-3-8-32-25(17)16-39-20-5-6-23(22(30)10-20)34-28-18(13-31)14-33-24-12-27(26(38-2)11-21(24)28)40-29(37)35-9-7-19(36)15-35/h3-6,8,10-12,14,19,36H,7,9,15-16H2,1-2H3,(H,33,34). The third-order valence-electron chi connectivity index (χ3n) is 6.59. The van der Waals surface area contributed by atoms with Gasteiger partial charge in [-0.05, 0) is 43.2 Å². The van der Waals surface area contributed by atoms with Gasteiger partial charge in [-0.15, -0.1) is 0 Å². The Kier molecular flexibility index (Phi) is 7.86. The molecule has 0 saturated carbocycles. The molecule has 1 unspecified atom stereocenters. The van der Waals surface area contributed by atoms with Crippen molar-refractivity contribution in [2.75, 3.05) is 25.5 Å². The molecule has 1 fully saturated rings. The molecule has 3 heterocycles. The molecule has 0 spiro atoms. The largest absolute Gasteiger partial charge is 0.493 e. The Morgan fingerprint density at radius 1 is 1.25 bits per heavy atom. The maximum absolute atomic E-state index is 12.6. The van der Waals surface area contributed by atoms with Gasteiger partial charge in [0.2, 0.25) is 0 Å². The van der Waals surface area contributed by atoms with Crippen LogP contribution in [0.2, 0.25) is 5.02 Å². The number of aliphatic hydroxyl groups excluding tert-OH is 1. The number of nitrogens with zero attached hydrogens (tertiary/aromatic N) is 4. The van der Waals surface area contributed by atoms with Crippen molar-refractivity contribution in [1.82, 2.24) is 14.9 Å². The molecule has 1 aliphatic rings. The van der Waals surface area contributed by atoms with Gasteiger partial charge in [0, 0.05) is 43.0 Å². The number of likely N-dealkylation sites (tertiary alicyclic amines) is 1. The van der Waals surface area contributed by atoms with Gasteiger partial charge in [-0.3, -0.25) is 9.97 Å². The zero-order chi connectivity index (χ0) is 28.2. The summed E-state index contributed by atoms with van der Waals surface area (Å²) >= 11 is 6.59. The zero-order valence-corrected chi connectivity index (χ0v) is 22.6. The first-order chi connectivity index (χ1) is 19.4. The third-order valence-corrected chi connectivity index (χ3v) is 6.90. The van der Waals surface area contributed by atoms with Gasteiger partial charge in [0.15, 0.2) is 11.5 Å². The van der Waals surface area contributed by atoms with Gasteiger partial charge in [-0.2, -0.15) is 5.26 Å². The predicted octanol–water partition coefficient (Wildman–Crippen LogP) is 5.36. The van der Waals surface area contributed by atoms with Crippen molar-refractivity contribution in [2.45, 2.75) is 26.1 Å². The number of nitriles is 1. The molecule has 0 bridgehead atoms. The highest BCUT2D eigenvalue weighted by atomic mass is 35.5. The fraction of sp³-hybridized carbons (Fsp3) is 0.241. The lowest BCUT2D eigenvalue weighted by atomic mass is 10.1. The highest BCUT2D eigenvalue weighted by Crippen LogP contribution is 2.39. The second-order valence-corrected chi connectivity index (χ2v) is 9.66. The van der Waals surface area contributed by atoms with Crippen LogP contribution in [0.5, 0.6) is 17.2 Å². The van der Waals surface area contributed by atoms with E-state index in [1.165, 1.54) is 18.2 Å². The molecule has 0 aliphatic carbocycles.